The molecule has 0 heterocycles. The highest BCUT2D eigenvalue weighted by Crippen LogP contribution is 2.43. The Morgan fingerprint density at radius 2 is 1.68 bits per heavy atom. The fourth-order valence-electron chi connectivity index (χ4n) is 1.23. The molecule has 0 atom stereocenters. The molecule has 0 bridgehead atoms. The summed E-state index contributed by atoms with van der Waals surface area (Å²) in [6, 6.07) is 1.15. The van der Waals surface area contributed by atoms with Crippen LogP contribution in [0.5, 0.6) is 5.75 Å². The van der Waals surface area contributed by atoms with Gasteiger partial charge in [-0.1, -0.05) is 0 Å². The SMILES string of the molecule is CC(=O)c1cc(Br)c(OC(F)(F)F)c(C(F)(F)F)c1. The van der Waals surface area contributed by atoms with Crippen LogP contribution in [0.3, 0.4) is 0 Å². The van der Waals surface area contributed by atoms with Gasteiger partial charge in [0.15, 0.2) is 11.5 Å². The largest absolute Gasteiger partial charge is 0.573 e. The highest BCUT2D eigenvalue weighted by Gasteiger charge is 2.41. The smallest absolute Gasteiger partial charge is 0.404 e. The van der Waals surface area contributed by atoms with Gasteiger partial charge in [0.05, 0.1) is 10.0 Å². The third-order valence-electron chi connectivity index (χ3n) is 1.97. The second-order valence-electron chi connectivity index (χ2n) is 3.44. The molecular formula is C10H5BrF6O2. The van der Waals surface area contributed by atoms with Crippen molar-refractivity contribution in [3.63, 3.8) is 0 Å². The molecule has 0 aliphatic heterocycles. The number of halogens is 7. The molecule has 0 aliphatic rings. The first-order valence-corrected chi connectivity index (χ1v) is 5.38. The Morgan fingerprint density at radius 1 is 1.16 bits per heavy atom. The van der Waals surface area contributed by atoms with Gasteiger partial charge in [-0.3, -0.25) is 4.79 Å². The maximum absolute atomic E-state index is 12.7. The van der Waals surface area contributed by atoms with Crippen molar-refractivity contribution in [2.24, 2.45) is 0 Å². The van der Waals surface area contributed by atoms with Crippen LogP contribution in [-0.4, -0.2) is 12.1 Å². The van der Waals surface area contributed by atoms with Crippen LogP contribution in [0.2, 0.25) is 0 Å². The van der Waals surface area contributed by atoms with E-state index in [-0.39, 0.29) is 5.56 Å². The molecule has 0 unspecified atom stereocenters. The molecule has 106 valence electrons. The number of ether oxygens (including phenoxy) is 1. The number of Topliss-reactive ketones (excluding diaryl/α,β-unsaturated/α-hetero) is 1. The molecule has 1 rings (SSSR count). The quantitative estimate of drug-likeness (QED) is 0.577. The van der Waals surface area contributed by atoms with Gasteiger partial charge in [-0.25, -0.2) is 0 Å². The summed E-state index contributed by atoms with van der Waals surface area (Å²) in [6.07, 6.45) is -10.4. The van der Waals surface area contributed by atoms with E-state index >= 15 is 0 Å². The molecule has 0 N–H and O–H groups in total. The van der Waals surface area contributed by atoms with E-state index in [1.54, 1.807) is 0 Å². The lowest BCUT2D eigenvalue weighted by atomic mass is 10.1. The number of alkyl halides is 6. The fraction of sp³-hybridized carbons (Fsp3) is 0.300. The van der Waals surface area contributed by atoms with Crippen molar-refractivity contribution in [2.75, 3.05) is 0 Å². The van der Waals surface area contributed by atoms with E-state index in [0.717, 1.165) is 13.0 Å². The van der Waals surface area contributed by atoms with Crippen molar-refractivity contribution >= 4 is 21.7 Å². The number of rotatable bonds is 2. The van der Waals surface area contributed by atoms with Crippen LogP contribution in [-0.2, 0) is 6.18 Å². The van der Waals surface area contributed by atoms with Crippen LogP contribution < -0.4 is 4.74 Å². The molecule has 2 nitrogen and oxygen atoms in total. The second kappa shape index (κ2) is 5.03. The van der Waals surface area contributed by atoms with E-state index < -0.39 is 34.1 Å². The first-order valence-electron chi connectivity index (χ1n) is 4.59. The molecule has 1 aromatic carbocycles. The number of hydrogen-bond donors (Lipinski definition) is 0. The average Bonchev–Trinajstić information content (AvgIpc) is 2.16. The molecule has 0 radical (unpaired) electrons. The lowest BCUT2D eigenvalue weighted by molar-refractivity contribution is -0.276. The minimum absolute atomic E-state index is 0.314. The Morgan fingerprint density at radius 3 is 2.05 bits per heavy atom. The Bertz CT molecular complexity index is 506. The maximum atomic E-state index is 12.7. The minimum Gasteiger partial charge on any atom is -0.404 e. The van der Waals surface area contributed by atoms with Gasteiger partial charge in [-0.15, -0.1) is 13.2 Å². The minimum atomic E-state index is -5.28. The van der Waals surface area contributed by atoms with E-state index in [9.17, 15) is 31.1 Å². The van der Waals surface area contributed by atoms with Gasteiger partial charge in [0.25, 0.3) is 0 Å². The van der Waals surface area contributed by atoms with Crippen LogP contribution >= 0.6 is 15.9 Å². The molecule has 0 aliphatic carbocycles. The Hall–Kier alpha value is -1.25. The number of carbonyl (C=O) groups excluding carboxylic acids is 1. The van der Waals surface area contributed by atoms with Crippen molar-refractivity contribution in [1.82, 2.24) is 0 Å². The zero-order valence-corrected chi connectivity index (χ0v) is 10.7. The molecule has 0 amide bonds. The first kappa shape index (κ1) is 15.8. The summed E-state index contributed by atoms with van der Waals surface area (Å²) in [4.78, 5) is 11.0. The molecule has 0 spiro atoms. The molecule has 1 aromatic rings. The summed E-state index contributed by atoms with van der Waals surface area (Å²) in [5.74, 6) is -2.14. The van der Waals surface area contributed by atoms with Crippen molar-refractivity contribution in [3.8, 4) is 5.75 Å². The molecule has 0 saturated heterocycles. The zero-order valence-electron chi connectivity index (χ0n) is 9.12. The lowest BCUT2D eigenvalue weighted by Crippen LogP contribution is -2.21. The van der Waals surface area contributed by atoms with Crippen LogP contribution in [0.1, 0.15) is 22.8 Å². The van der Waals surface area contributed by atoms with E-state index in [0.29, 0.717) is 6.07 Å². The van der Waals surface area contributed by atoms with Crippen molar-refractivity contribution in [2.45, 2.75) is 19.5 Å². The van der Waals surface area contributed by atoms with Crippen LogP contribution in [0.25, 0.3) is 0 Å². The van der Waals surface area contributed by atoms with E-state index in [4.69, 9.17) is 0 Å². The number of carbonyl (C=O) groups is 1. The third kappa shape index (κ3) is 4.12. The zero-order chi connectivity index (χ0) is 15.0. The van der Waals surface area contributed by atoms with Gasteiger partial charge >= 0.3 is 12.5 Å². The molecule has 0 aromatic heterocycles. The average molecular weight is 351 g/mol. The fourth-order valence-corrected chi connectivity index (χ4v) is 1.77. The molecule has 0 fully saturated rings. The Labute approximate surface area is 111 Å². The maximum Gasteiger partial charge on any atom is 0.573 e. The summed E-state index contributed by atoms with van der Waals surface area (Å²) < 4.78 is 77.0. The molecular weight excluding hydrogens is 346 g/mol. The molecule has 0 saturated carbocycles. The van der Waals surface area contributed by atoms with Gasteiger partial charge in [0.1, 0.15) is 0 Å². The first-order chi connectivity index (χ1) is 8.42. The van der Waals surface area contributed by atoms with Crippen LogP contribution in [0.15, 0.2) is 16.6 Å². The predicted octanol–water partition coefficient (Wildman–Crippen LogP) is 4.57. The summed E-state index contributed by atoms with van der Waals surface area (Å²) in [6.45, 7) is 0.992. The summed E-state index contributed by atoms with van der Waals surface area (Å²) in [5, 5.41) is 0. The van der Waals surface area contributed by atoms with Crippen molar-refractivity contribution in [1.29, 1.82) is 0 Å². The lowest BCUT2D eigenvalue weighted by Gasteiger charge is -2.17. The number of ketones is 1. The topological polar surface area (TPSA) is 26.3 Å². The third-order valence-corrected chi connectivity index (χ3v) is 2.56. The van der Waals surface area contributed by atoms with E-state index in [1.807, 2.05) is 0 Å². The van der Waals surface area contributed by atoms with Gasteiger partial charge in [0.2, 0.25) is 0 Å². The van der Waals surface area contributed by atoms with Crippen LogP contribution in [0, 0.1) is 0 Å². The Balaban J connectivity index is 3.49. The second-order valence-corrected chi connectivity index (χ2v) is 4.29. The molecule has 19 heavy (non-hydrogen) atoms. The number of hydrogen-bond acceptors (Lipinski definition) is 2. The van der Waals surface area contributed by atoms with Crippen molar-refractivity contribution < 1.29 is 35.9 Å². The van der Waals surface area contributed by atoms with Crippen molar-refractivity contribution in [3.05, 3.63) is 27.7 Å². The molecule has 9 heteroatoms. The van der Waals surface area contributed by atoms with Gasteiger partial charge < -0.3 is 4.74 Å². The monoisotopic (exact) mass is 350 g/mol. The predicted molar refractivity (Wildman–Crippen MR) is 55.8 cm³/mol. The van der Waals surface area contributed by atoms with Gasteiger partial charge in [0, 0.05) is 5.56 Å². The Kier molecular flexibility index (Phi) is 4.18. The summed E-state index contributed by atoms with van der Waals surface area (Å²) >= 11 is 2.53. The van der Waals surface area contributed by atoms with Gasteiger partial charge in [-0.05, 0) is 35.0 Å². The summed E-state index contributed by atoms with van der Waals surface area (Å²) in [5.41, 5.74) is -2.06. The summed E-state index contributed by atoms with van der Waals surface area (Å²) in [7, 11) is 0. The highest BCUT2D eigenvalue weighted by molar-refractivity contribution is 9.10. The van der Waals surface area contributed by atoms with Gasteiger partial charge in [-0.2, -0.15) is 13.2 Å². The highest BCUT2D eigenvalue weighted by atomic mass is 79.9. The van der Waals surface area contributed by atoms with Crippen LogP contribution in [0.4, 0.5) is 26.3 Å². The van der Waals surface area contributed by atoms with E-state index in [2.05, 4.69) is 20.7 Å². The number of benzene rings is 1. The standard InChI is InChI=1S/C10H5BrF6O2/c1-4(18)5-2-6(9(12,13)14)8(7(11)3-5)19-10(15,16)17/h2-3H,1H3. The normalized spacial score (nSPS) is 12.4. The van der Waals surface area contributed by atoms with E-state index in [1.165, 1.54) is 0 Å².